The van der Waals surface area contributed by atoms with E-state index in [0.717, 1.165) is 23.5 Å². The van der Waals surface area contributed by atoms with Crippen molar-refractivity contribution >= 4 is 37.6 Å². The lowest BCUT2D eigenvalue weighted by atomic mass is 9.84. The van der Waals surface area contributed by atoms with Gasteiger partial charge in [-0.15, -0.1) is 11.3 Å². The Morgan fingerprint density at radius 1 is 1.30 bits per heavy atom. The third-order valence-electron chi connectivity index (χ3n) is 5.70. The molecule has 1 atom stereocenters. The molecular formula is C21H18F2N4O4S2. The fraction of sp³-hybridized carbons (Fsp3) is 0.238. The average molecular weight is 493 g/mol. The molecule has 1 fully saturated rings. The zero-order valence-electron chi connectivity index (χ0n) is 17.2. The third-order valence-corrected chi connectivity index (χ3v) is 7.87. The van der Waals surface area contributed by atoms with Crippen LogP contribution in [0.2, 0.25) is 0 Å². The van der Waals surface area contributed by atoms with E-state index in [-0.39, 0.29) is 29.3 Å². The first-order valence-corrected chi connectivity index (χ1v) is 12.3. The Morgan fingerprint density at radius 2 is 2.06 bits per heavy atom. The molecule has 172 valence electrons. The van der Waals surface area contributed by atoms with Gasteiger partial charge in [0.2, 0.25) is 0 Å². The van der Waals surface area contributed by atoms with Crippen LogP contribution in [0.1, 0.15) is 24.1 Å². The fourth-order valence-electron chi connectivity index (χ4n) is 4.00. The highest BCUT2D eigenvalue weighted by atomic mass is 32.2. The molecule has 2 N–H and O–H groups in total. The number of anilines is 1. The fourth-order valence-corrected chi connectivity index (χ4v) is 5.86. The van der Waals surface area contributed by atoms with E-state index in [1.807, 2.05) is 0 Å². The second-order valence-electron chi connectivity index (χ2n) is 7.76. The molecule has 0 aliphatic carbocycles. The summed E-state index contributed by atoms with van der Waals surface area (Å²) >= 11 is 1.04. The van der Waals surface area contributed by atoms with Gasteiger partial charge in [0, 0.05) is 36.8 Å². The predicted molar refractivity (Wildman–Crippen MR) is 119 cm³/mol. The summed E-state index contributed by atoms with van der Waals surface area (Å²) in [6.07, 6.45) is 1.40. The molecule has 5 rings (SSSR count). The quantitative estimate of drug-likeness (QED) is 0.428. The number of halogens is 2. The van der Waals surface area contributed by atoms with Gasteiger partial charge < -0.3 is 9.73 Å². The molecule has 0 bridgehead atoms. The van der Waals surface area contributed by atoms with Crippen molar-refractivity contribution in [1.29, 1.82) is 0 Å². The molecular weight excluding hydrogens is 474 g/mol. The van der Waals surface area contributed by atoms with Crippen LogP contribution in [0.4, 0.5) is 13.9 Å². The van der Waals surface area contributed by atoms with Gasteiger partial charge in [-0.1, -0.05) is 24.3 Å². The highest BCUT2D eigenvalue weighted by Crippen LogP contribution is 2.37. The standard InChI is InChI=1S/C21H18F2N4O4S2/c1-12(13-4-2-3-5-14(13)21(23)10-24-11-21)27-16-8-15(22)18(9-17(16)31-20(27)28)33(29,30)26-19-25-6-7-32-19/h2-9,12,24H,10-11H2,1H3,(H,25,26). The lowest BCUT2D eigenvalue weighted by molar-refractivity contribution is 0.0875. The van der Waals surface area contributed by atoms with Crippen molar-refractivity contribution in [3.63, 3.8) is 0 Å². The van der Waals surface area contributed by atoms with Gasteiger partial charge >= 0.3 is 5.76 Å². The monoisotopic (exact) mass is 492 g/mol. The number of fused-ring (bicyclic) bond motifs is 1. The highest BCUT2D eigenvalue weighted by Gasteiger charge is 2.41. The molecule has 2 aromatic heterocycles. The lowest BCUT2D eigenvalue weighted by Crippen LogP contribution is -2.54. The number of benzene rings is 2. The molecule has 8 nitrogen and oxygen atoms in total. The van der Waals surface area contributed by atoms with E-state index in [4.69, 9.17) is 4.42 Å². The number of thiazole rings is 1. The van der Waals surface area contributed by atoms with Crippen molar-refractivity contribution < 1.29 is 21.6 Å². The van der Waals surface area contributed by atoms with Crippen molar-refractivity contribution in [2.24, 2.45) is 0 Å². The number of alkyl halides is 1. The summed E-state index contributed by atoms with van der Waals surface area (Å²) in [5, 5.41) is 4.55. The predicted octanol–water partition coefficient (Wildman–Crippen LogP) is 3.37. The van der Waals surface area contributed by atoms with Gasteiger partial charge in [-0.05, 0) is 18.1 Å². The minimum Gasteiger partial charge on any atom is -0.408 e. The molecule has 0 amide bonds. The van der Waals surface area contributed by atoms with Gasteiger partial charge in [0.05, 0.1) is 11.6 Å². The van der Waals surface area contributed by atoms with Crippen LogP contribution < -0.4 is 15.8 Å². The topological polar surface area (TPSA) is 106 Å². The summed E-state index contributed by atoms with van der Waals surface area (Å²) in [5.74, 6) is -1.87. The minimum absolute atomic E-state index is 0.0626. The SMILES string of the molecule is CC(c1ccccc1C1(F)CNC1)n1c(=O)oc2cc(S(=O)(=O)Nc3nccs3)c(F)cc21. The Bertz CT molecular complexity index is 1510. The second-order valence-corrected chi connectivity index (χ2v) is 10.3. The minimum atomic E-state index is -4.31. The zero-order chi connectivity index (χ0) is 23.4. The van der Waals surface area contributed by atoms with Crippen LogP contribution in [0, 0.1) is 5.82 Å². The maximum absolute atomic E-state index is 15.2. The normalized spacial score (nSPS) is 16.5. The number of oxazole rings is 1. The molecule has 2 aromatic carbocycles. The first-order valence-electron chi connectivity index (χ1n) is 9.95. The van der Waals surface area contributed by atoms with Crippen molar-refractivity contribution in [2.75, 3.05) is 17.8 Å². The maximum Gasteiger partial charge on any atom is 0.420 e. The molecule has 0 spiro atoms. The Balaban J connectivity index is 1.60. The van der Waals surface area contributed by atoms with Crippen molar-refractivity contribution in [3.8, 4) is 0 Å². The Kier molecular flexibility index (Phi) is 5.10. The summed E-state index contributed by atoms with van der Waals surface area (Å²) in [6.45, 7) is 1.98. The number of nitrogens with zero attached hydrogens (tertiary/aromatic N) is 2. The van der Waals surface area contributed by atoms with Crippen LogP contribution in [0.5, 0.6) is 0 Å². The van der Waals surface area contributed by atoms with Gasteiger partial charge in [0.25, 0.3) is 10.0 Å². The van der Waals surface area contributed by atoms with E-state index in [0.29, 0.717) is 11.1 Å². The Morgan fingerprint density at radius 3 is 2.73 bits per heavy atom. The van der Waals surface area contributed by atoms with Crippen molar-refractivity contribution in [1.82, 2.24) is 14.9 Å². The molecule has 4 aromatic rings. The number of hydrogen-bond donors (Lipinski definition) is 2. The average Bonchev–Trinajstić information content (AvgIpc) is 3.37. The first kappa shape index (κ1) is 21.7. The molecule has 0 saturated carbocycles. The second kappa shape index (κ2) is 7.75. The van der Waals surface area contributed by atoms with E-state index >= 15 is 4.39 Å². The third kappa shape index (κ3) is 3.63. The molecule has 1 aliphatic rings. The van der Waals surface area contributed by atoms with Gasteiger partial charge in [0.15, 0.2) is 16.4 Å². The highest BCUT2D eigenvalue weighted by molar-refractivity contribution is 7.93. The van der Waals surface area contributed by atoms with Crippen LogP contribution in [0.3, 0.4) is 0 Å². The molecule has 1 saturated heterocycles. The lowest BCUT2D eigenvalue weighted by Gasteiger charge is -2.37. The Labute approximate surface area is 190 Å². The van der Waals surface area contributed by atoms with E-state index in [1.54, 1.807) is 36.6 Å². The van der Waals surface area contributed by atoms with Crippen LogP contribution in [-0.4, -0.2) is 31.1 Å². The summed E-state index contributed by atoms with van der Waals surface area (Å²) in [4.78, 5) is 15.9. The summed E-state index contributed by atoms with van der Waals surface area (Å²) in [7, 11) is -4.31. The van der Waals surface area contributed by atoms with E-state index in [2.05, 4.69) is 15.0 Å². The molecule has 1 aliphatic heterocycles. The van der Waals surface area contributed by atoms with Gasteiger partial charge in [-0.2, -0.15) is 0 Å². The number of rotatable bonds is 6. The molecule has 1 unspecified atom stereocenters. The van der Waals surface area contributed by atoms with Crippen molar-refractivity contribution in [2.45, 2.75) is 23.5 Å². The number of aromatic nitrogens is 2. The molecule has 12 heteroatoms. The number of nitrogens with one attached hydrogen (secondary N) is 2. The smallest absolute Gasteiger partial charge is 0.408 e. The van der Waals surface area contributed by atoms with Gasteiger partial charge in [-0.3, -0.25) is 9.29 Å². The zero-order valence-corrected chi connectivity index (χ0v) is 18.8. The summed E-state index contributed by atoms with van der Waals surface area (Å²) < 4.78 is 64.1. The molecule has 33 heavy (non-hydrogen) atoms. The van der Waals surface area contributed by atoms with Crippen LogP contribution >= 0.6 is 11.3 Å². The van der Waals surface area contributed by atoms with Crippen LogP contribution in [0.25, 0.3) is 11.1 Å². The van der Waals surface area contributed by atoms with Crippen molar-refractivity contribution in [3.05, 3.63) is 75.5 Å². The maximum atomic E-state index is 15.2. The first-order chi connectivity index (χ1) is 15.7. The van der Waals surface area contributed by atoms with Gasteiger partial charge in [-0.25, -0.2) is 27.0 Å². The number of hydrogen-bond acceptors (Lipinski definition) is 7. The summed E-state index contributed by atoms with van der Waals surface area (Å²) in [5.41, 5.74) is -0.626. The Hall–Kier alpha value is -3.09. The molecule has 0 radical (unpaired) electrons. The van der Waals surface area contributed by atoms with E-state index < -0.39 is 38.2 Å². The van der Waals surface area contributed by atoms with E-state index in [1.165, 1.54) is 10.8 Å². The van der Waals surface area contributed by atoms with Crippen LogP contribution in [-0.2, 0) is 15.7 Å². The summed E-state index contributed by atoms with van der Waals surface area (Å²) in [6, 6.07) is 8.02. The van der Waals surface area contributed by atoms with E-state index in [9.17, 15) is 17.6 Å². The molecule has 3 heterocycles. The van der Waals surface area contributed by atoms with Gasteiger partial charge in [0.1, 0.15) is 10.7 Å². The largest absolute Gasteiger partial charge is 0.420 e. The number of sulfonamides is 1. The van der Waals surface area contributed by atoms with Crippen LogP contribution in [0.15, 0.2) is 62.1 Å².